The van der Waals surface area contributed by atoms with Gasteiger partial charge in [-0.05, 0) is 39.8 Å². The zero-order valence-corrected chi connectivity index (χ0v) is 14.5. The Labute approximate surface area is 142 Å². The molecule has 0 aliphatic carbocycles. The van der Waals surface area contributed by atoms with Crippen LogP contribution in [0.4, 0.5) is 0 Å². The first kappa shape index (κ1) is 17.7. The van der Waals surface area contributed by atoms with Crippen LogP contribution >= 0.6 is 0 Å². The maximum Gasteiger partial charge on any atom is 0.349 e. The number of aryl methyl sites for hydroxylation is 1. The van der Waals surface area contributed by atoms with Gasteiger partial charge in [0.2, 0.25) is 0 Å². The standard InChI is InChI=1S/C20H22O4/c1-5-23-19(22)20(3,4)24-17-8-6-7-16(13-17)18(21)15-11-9-14(2)10-12-15/h6-13H,5H2,1-4H3. The molecule has 2 aromatic rings. The summed E-state index contributed by atoms with van der Waals surface area (Å²) in [4.78, 5) is 24.5. The Kier molecular flexibility index (Phi) is 5.39. The first-order valence-corrected chi connectivity index (χ1v) is 7.91. The van der Waals surface area contributed by atoms with Gasteiger partial charge >= 0.3 is 5.97 Å². The largest absolute Gasteiger partial charge is 0.476 e. The lowest BCUT2D eigenvalue weighted by atomic mass is 10.0. The summed E-state index contributed by atoms with van der Waals surface area (Å²) in [6.45, 7) is 7.28. The van der Waals surface area contributed by atoms with Gasteiger partial charge in [0.1, 0.15) is 5.75 Å². The molecule has 126 valence electrons. The summed E-state index contributed by atoms with van der Waals surface area (Å²) in [6, 6.07) is 14.2. The summed E-state index contributed by atoms with van der Waals surface area (Å²) in [5, 5.41) is 0. The highest BCUT2D eigenvalue weighted by Crippen LogP contribution is 2.22. The van der Waals surface area contributed by atoms with Gasteiger partial charge in [0.05, 0.1) is 6.61 Å². The summed E-state index contributed by atoms with van der Waals surface area (Å²) in [7, 11) is 0. The number of rotatable bonds is 6. The van der Waals surface area contributed by atoms with Crippen molar-refractivity contribution in [3.8, 4) is 5.75 Å². The maximum atomic E-state index is 12.6. The Morgan fingerprint density at radius 3 is 2.29 bits per heavy atom. The summed E-state index contributed by atoms with van der Waals surface area (Å²) in [5.74, 6) is -0.0827. The number of hydrogen-bond donors (Lipinski definition) is 0. The molecule has 4 nitrogen and oxygen atoms in total. The van der Waals surface area contributed by atoms with Crippen molar-refractivity contribution in [1.29, 1.82) is 0 Å². The Morgan fingerprint density at radius 2 is 1.67 bits per heavy atom. The van der Waals surface area contributed by atoms with Crippen molar-refractivity contribution < 1.29 is 19.1 Å². The summed E-state index contributed by atoms with van der Waals surface area (Å²) < 4.78 is 10.7. The monoisotopic (exact) mass is 326 g/mol. The maximum absolute atomic E-state index is 12.6. The normalized spacial score (nSPS) is 11.0. The minimum Gasteiger partial charge on any atom is -0.476 e. The van der Waals surface area contributed by atoms with Crippen LogP contribution in [-0.4, -0.2) is 24.0 Å². The van der Waals surface area contributed by atoms with E-state index in [0.29, 0.717) is 16.9 Å². The van der Waals surface area contributed by atoms with Crippen molar-refractivity contribution in [2.24, 2.45) is 0 Å². The number of carbonyl (C=O) groups excluding carboxylic acids is 2. The van der Waals surface area contributed by atoms with E-state index in [1.54, 1.807) is 57.2 Å². The Hall–Kier alpha value is -2.62. The Morgan fingerprint density at radius 1 is 1.00 bits per heavy atom. The highest BCUT2D eigenvalue weighted by atomic mass is 16.6. The second kappa shape index (κ2) is 7.30. The zero-order chi connectivity index (χ0) is 17.7. The van der Waals surface area contributed by atoms with E-state index < -0.39 is 11.6 Å². The van der Waals surface area contributed by atoms with Crippen LogP contribution < -0.4 is 4.74 Å². The van der Waals surface area contributed by atoms with E-state index in [1.165, 1.54) is 0 Å². The van der Waals surface area contributed by atoms with Crippen LogP contribution in [0.15, 0.2) is 48.5 Å². The van der Waals surface area contributed by atoms with Crippen molar-refractivity contribution in [2.75, 3.05) is 6.61 Å². The smallest absolute Gasteiger partial charge is 0.349 e. The minimum atomic E-state index is -1.12. The lowest BCUT2D eigenvalue weighted by Crippen LogP contribution is -2.39. The van der Waals surface area contributed by atoms with Crippen molar-refractivity contribution in [2.45, 2.75) is 33.3 Å². The predicted octanol–water partition coefficient (Wildman–Crippen LogP) is 3.95. The summed E-state index contributed by atoms with van der Waals surface area (Å²) in [5.41, 5.74) is 1.10. The SMILES string of the molecule is CCOC(=O)C(C)(C)Oc1cccc(C(=O)c2ccc(C)cc2)c1. The Balaban J connectivity index is 2.21. The van der Waals surface area contributed by atoms with Gasteiger partial charge in [-0.3, -0.25) is 4.79 Å². The first-order chi connectivity index (χ1) is 11.3. The van der Waals surface area contributed by atoms with Crippen molar-refractivity contribution in [3.05, 3.63) is 65.2 Å². The molecule has 0 aliphatic rings. The molecule has 0 aromatic heterocycles. The van der Waals surface area contributed by atoms with Gasteiger partial charge in [0.15, 0.2) is 11.4 Å². The number of carbonyl (C=O) groups is 2. The van der Waals surface area contributed by atoms with E-state index in [4.69, 9.17) is 9.47 Å². The molecule has 0 spiro atoms. The van der Waals surface area contributed by atoms with Gasteiger partial charge in [-0.2, -0.15) is 0 Å². The Bertz CT molecular complexity index is 730. The third kappa shape index (κ3) is 4.22. The molecular weight excluding hydrogens is 304 g/mol. The fourth-order valence-electron chi connectivity index (χ4n) is 2.21. The van der Waals surface area contributed by atoms with Crippen LogP contribution in [0.1, 0.15) is 42.3 Å². The van der Waals surface area contributed by atoms with E-state index in [1.807, 2.05) is 19.1 Å². The number of benzene rings is 2. The third-order valence-corrected chi connectivity index (χ3v) is 3.55. The van der Waals surface area contributed by atoms with Crippen LogP contribution in [0, 0.1) is 6.92 Å². The molecule has 0 unspecified atom stereocenters. The molecule has 24 heavy (non-hydrogen) atoms. The predicted molar refractivity (Wildman–Crippen MR) is 92.4 cm³/mol. The van der Waals surface area contributed by atoms with Crippen LogP contribution in [-0.2, 0) is 9.53 Å². The quantitative estimate of drug-likeness (QED) is 0.596. The molecule has 0 atom stereocenters. The van der Waals surface area contributed by atoms with Gasteiger partial charge in [0, 0.05) is 11.1 Å². The zero-order valence-electron chi connectivity index (χ0n) is 14.5. The second-order valence-corrected chi connectivity index (χ2v) is 6.06. The number of hydrogen-bond acceptors (Lipinski definition) is 4. The molecule has 0 saturated carbocycles. The molecule has 0 bridgehead atoms. The van der Waals surface area contributed by atoms with Gasteiger partial charge < -0.3 is 9.47 Å². The van der Waals surface area contributed by atoms with Crippen LogP contribution in [0.25, 0.3) is 0 Å². The molecule has 0 amide bonds. The van der Waals surface area contributed by atoms with Crippen LogP contribution in [0.5, 0.6) is 5.75 Å². The third-order valence-electron chi connectivity index (χ3n) is 3.55. The van der Waals surface area contributed by atoms with Gasteiger partial charge in [-0.15, -0.1) is 0 Å². The van der Waals surface area contributed by atoms with Gasteiger partial charge in [-0.1, -0.05) is 42.0 Å². The summed E-state index contributed by atoms with van der Waals surface area (Å²) >= 11 is 0. The number of esters is 1. The van der Waals surface area contributed by atoms with E-state index in [-0.39, 0.29) is 12.4 Å². The molecule has 0 N–H and O–H groups in total. The number of ether oxygens (including phenoxy) is 2. The molecule has 4 heteroatoms. The topological polar surface area (TPSA) is 52.6 Å². The molecule has 0 aliphatic heterocycles. The molecular formula is C20H22O4. The highest BCUT2D eigenvalue weighted by Gasteiger charge is 2.31. The minimum absolute atomic E-state index is 0.0885. The lowest BCUT2D eigenvalue weighted by molar-refractivity contribution is -0.158. The lowest BCUT2D eigenvalue weighted by Gasteiger charge is -2.24. The number of ketones is 1. The average molecular weight is 326 g/mol. The highest BCUT2D eigenvalue weighted by molar-refractivity contribution is 6.09. The van der Waals surface area contributed by atoms with Crippen LogP contribution in [0.3, 0.4) is 0 Å². The second-order valence-electron chi connectivity index (χ2n) is 6.06. The van der Waals surface area contributed by atoms with Crippen molar-refractivity contribution in [3.63, 3.8) is 0 Å². The van der Waals surface area contributed by atoms with E-state index in [2.05, 4.69) is 0 Å². The molecule has 0 radical (unpaired) electrons. The molecule has 2 aromatic carbocycles. The molecule has 0 saturated heterocycles. The average Bonchev–Trinajstić information content (AvgIpc) is 2.55. The molecule has 0 fully saturated rings. The van der Waals surface area contributed by atoms with E-state index in [0.717, 1.165) is 5.56 Å². The van der Waals surface area contributed by atoms with Crippen LogP contribution in [0.2, 0.25) is 0 Å². The van der Waals surface area contributed by atoms with E-state index >= 15 is 0 Å². The van der Waals surface area contributed by atoms with Crippen molar-refractivity contribution >= 4 is 11.8 Å². The summed E-state index contributed by atoms with van der Waals surface area (Å²) in [6.07, 6.45) is 0. The first-order valence-electron chi connectivity index (χ1n) is 7.91. The van der Waals surface area contributed by atoms with Crippen molar-refractivity contribution in [1.82, 2.24) is 0 Å². The molecule has 2 rings (SSSR count). The fourth-order valence-corrected chi connectivity index (χ4v) is 2.21. The fraction of sp³-hybridized carbons (Fsp3) is 0.300. The van der Waals surface area contributed by atoms with Gasteiger partial charge in [-0.25, -0.2) is 4.79 Å². The molecule has 0 heterocycles. The van der Waals surface area contributed by atoms with E-state index in [9.17, 15) is 9.59 Å². The van der Waals surface area contributed by atoms with Gasteiger partial charge in [0.25, 0.3) is 0 Å².